The van der Waals surface area contributed by atoms with Crippen molar-refractivity contribution in [1.29, 1.82) is 0 Å². The summed E-state index contributed by atoms with van der Waals surface area (Å²) in [4.78, 5) is 8.97. The van der Waals surface area contributed by atoms with Gasteiger partial charge in [0.2, 0.25) is 5.95 Å². The van der Waals surface area contributed by atoms with Crippen molar-refractivity contribution < 1.29 is 0 Å². The van der Waals surface area contributed by atoms with E-state index in [1.165, 1.54) is 0 Å². The van der Waals surface area contributed by atoms with Crippen LogP contribution in [0.4, 0.5) is 5.95 Å². The van der Waals surface area contributed by atoms with Gasteiger partial charge in [-0.25, -0.2) is 4.98 Å². The van der Waals surface area contributed by atoms with E-state index in [2.05, 4.69) is 34.8 Å². The first-order chi connectivity index (χ1) is 11.2. The Morgan fingerprint density at radius 1 is 1.13 bits per heavy atom. The lowest BCUT2D eigenvalue weighted by atomic mass is 9.99. The van der Waals surface area contributed by atoms with Crippen LogP contribution in [0.5, 0.6) is 0 Å². The number of imidazole rings is 1. The van der Waals surface area contributed by atoms with E-state index in [0.717, 1.165) is 45.2 Å². The molecule has 0 aliphatic carbocycles. The van der Waals surface area contributed by atoms with Gasteiger partial charge in [0.15, 0.2) is 5.17 Å². The molecule has 0 saturated heterocycles. The van der Waals surface area contributed by atoms with Crippen molar-refractivity contribution in [2.45, 2.75) is 0 Å². The van der Waals surface area contributed by atoms with E-state index in [1.54, 1.807) is 11.8 Å². The first-order valence-electron chi connectivity index (χ1n) is 7.44. The van der Waals surface area contributed by atoms with E-state index in [9.17, 15) is 0 Å². The van der Waals surface area contributed by atoms with Crippen LogP contribution in [-0.4, -0.2) is 27.0 Å². The average molecular weight is 320 g/mol. The van der Waals surface area contributed by atoms with Crippen LogP contribution in [-0.2, 0) is 0 Å². The van der Waals surface area contributed by atoms with Gasteiger partial charge in [0.1, 0.15) is 0 Å². The van der Waals surface area contributed by atoms with E-state index in [1.807, 2.05) is 34.9 Å². The lowest BCUT2D eigenvalue weighted by Crippen LogP contribution is -2.09. The van der Waals surface area contributed by atoms with Crippen LogP contribution in [0.3, 0.4) is 0 Å². The van der Waals surface area contributed by atoms with E-state index >= 15 is 0 Å². The number of nitrogens with zero attached hydrogens (tertiary/aromatic N) is 3. The highest BCUT2D eigenvalue weighted by Gasteiger charge is 2.17. The second-order valence-electron chi connectivity index (χ2n) is 5.37. The Kier molecular flexibility index (Phi) is 3.42. The topological polar surface area (TPSA) is 56.2 Å². The van der Waals surface area contributed by atoms with Gasteiger partial charge in [0.25, 0.3) is 0 Å². The Morgan fingerprint density at radius 3 is 2.70 bits per heavy atom. The van der Waals surface area contributed by atoms with E-state index in [0.29, 0.717) is 5.95 Å². The van der Waals surface area contributed by atoms with Gasteiger partial charge in [0.05, 0.1) is 17.6 Å². The molecular weight excluding hydrogens is 304 g/mol. The van der Waals surface area contributed by atoms with Crippen molar-refractivity contribution >= 4 is 39.5 Å². The third-order valence-electron chi connectivity index (χ3n) is 3.91. The molecule has 0 amide bonds. The van der Waals surface area contributed by atoms with Gasteiger partial charge >= 0.3 is 0 Å². The van der Waals surface area contributed by atoms with Crippen molar-refractivity contribution in [3.63, 3.8) is 0 Å². The number of anilines is 1. The van der Waals surface area contributed by atoms with Gasteiger partial charge in [-0.3, -0.25) is 9.56 Å². The summed E-state index contributed by atoms with van der Waals surface area (Å²) in [7, 11) is 0. The molecule has 0 fully saturated rings. The quantitative estimate of drug-likeness (QED) is 0.784. The molecule has 1 aromatic heterocycles. The number of hydrogen-bond donors (Lipinski definition) is 1. The number of benzene rings is 2. The highest BCUT2D eigenvalue weighted by molar-refractivity contribution is 8.14. The van der Waals surface area contributed by atoms with Gasteiger partial charge < -0.3 is 5.73 Å². The molecule has 0 bridgehead atoms. The third kappa shape index (κ3) is 2.43. The summed E-state index contributed by atoms with van der Waals surface area (Å²) in [5.74, 6) is 1.47. The van der Waals surface area contributed by atoms with Gasteiger partial charge in [0, 0.05) is 5.75 Å². The summed E-state index contributed by atoms with van der Waals surface area (Å²) in [5.41, 5.74) is 11.1. The number of hydrogen-bond acceptors (Lipinski definition) is 4. The summed E-state index contributed by atoms with van der Waals surface area (Å²) < 4.78 is 1.94. The summed E-state index contributed by atoms with van der Waals surface area (Å²) in [6.45, 7) is 5.07. The van der Waals surface area contributed by atoms with Gasteiger partial charge in [-0.05, 0) is 28.8 Å². The first-order valence-corrected chi connectivity index (χ1v) is 8.43. The molecule has 5 heteroatoms. The van der Waals surface area contributed by atoms with E-state index in [-0.39, 0.29) is 0 Å². The molecular formula is C18H16N4S. The maximum Gasteiger partial charge on any atom is 0.207 e. The molecule has 0 unspecified atom stereocenters. The Balaban J connectivity index is 1.84. The predicted molar refractivity (Wildman–Crippen MR) is 98.9 cm³/mol. The molecule has 0 atom stereocenters. The molecule has 2 aromatic carbocycles. The highest BCUT2D eigenvalue weighted by atomic mass is 32.2. The first kappa shape index (κ1) is 14.1. The van der Waals surface area contributed by atoms with Crippen molar-refractivity contribution in [2.75, 3.05) is 18.0 Å². The average Bonchev–Trinajstić information content (AvgIpc) is 3.20. The van der Waals surface area contributed by atoms with Crippen LogP contribution < -0.4 is 5.73 Å². The number of thioether (sulfide) groups is 1. The Hall–Kier alpha value is -2.53. The van der Waals surface area contributed by atoms with Crippen molar-refractivity contribution in [1.82, 2.24) is 9.55 Å². The van der Waals surface area contributed by atoms with Crippen molar-refractivity contribution in [2.24, 2.45) is 4.99 Å². The summed E-state index contributed by atoms with van der Waals surface area (Å²) in [5, 5.41) is 0.924. The fourth-order valence-corrected chi connectivity index (χ4v) is 3.62. The Morgan fingerprint density at radius 2 is 1.96 bits per heavy atom. The normalized spacial score (nSPS) is 14.2. The summed E-state index contributed by atoms with van der Waals surface area (Å²) >= 11 is 1.71. The van der Waals surface area contributed by atoms with Crippen molar-refractivity contribution in [3.05, 3.63) is 66.2 Å². The van der Waals surface area contributed by atoms with Gasteiger partial charge in [-0.1, -0.05) is 54.7 Å². The summed E-state index contributed by atoms with van der Waals surface area (Å²) in [6.07, 6.45) is 0. The molecule has 3 aromatic rings. The number of nitrogens with two attached hydrogens (primary N) is 1. The van der Waals surface area contributed by atoms with Crippen LogP contribution in [0.1, 0.15) is 11.1 Å². The third-order valence-corrected chi connectivity index (χ3v) is 4.87. The van der Waals surface area contributed by atoms with E-state index < -0.39 is 0 Å². The highest BCUT2D eigenvalue weighted by Crippen LogP contribution is 2.28. The molecule has 0 saturated carbocycles. The van der Waals surface area contributed by atoms with Crippen LogP contribution in [0.25, 0.3) is 16.6 Å². The van der Waals surface area contributed by atoms with Gasteiger partial charge in [-0.15, -0.1) is 0 Å². The van der Waals surface area contributed by atoms with Crippen molar-refractivity contribution in [3.8, 4) is 0 Å². The molecule has 2 N–H and O–H groups in total. The second-order valence-corrected chi connectivity index (χ2v) is 6.43. The Bertz CT molecular complexity index is 925. The van der Waals surface area contributed by atoms with Crippen LogP contribution >= 0.6 is 11.8 Å². The molecule has 23 heavy (non-hydrogen) atoms. The largest absolute Gasteiger partial charge is 0.369 e. The zero-order chi connectivity index (χ0) is 15.8. The number of aromatic nitrogens is 2. The standard InChI is InChI=1S/C18H16N4S/c1-12(13-5-3-2-4-6-13)14-7-8-15-16(11-14)22(17(19)21-15)18-20-9-10-23-18/h2-8,11H,1,9-10H2,(H2,19,21). The molecule has 0 radical (unpaired) electrons. The van der Waals surface area contributed by atoms with Crippen LogP contribution in [0.2, 0.25) is 0 Å². The molecule has 4 nitrogen and oxygen atoms in total. The monoisotopic (exact) mass is 320 g/mol. The van der Waals surface area contributed by atoms with Crippen LogP contribution in [0, 0.1) is 0 Å². The predicted octanol–water partition coefficient (Wildman–Crippen LogP) is 3.63. The summed E-state index contributed by atoms with van der Waals surface area (Å²) in [6, 6.07) is 16.3. The second kappa shape index (κ2) is 5.59. The lowest BCUT2D eigenvalue weighted by molar-refractivity contribution is 1.13. The maximum atomic E-state index is 6.11. The maximum absolute atomic E-state index is 6.11. The molecule has 0 spiro atoms. The minimum Gasteiger partial charge on any atom is -0.369 e. The van der Waals surface area contributed by atoms with Gasteiger partial charge in [-0.2, -0.15) is 0 Å². The lowest BCUT2D eigenvalue weighted by Gasteiger charge is -2.08. The molecule has 4 rings (SSSR count). The Labute approximate surface area is 138 Å². The fourth-order valence-electron chi connectivity index (χ4n) is 2.75. The number of nitrogen functional groups attached to an aromatic ring is 1. The SMILES string of the molecule is C=C(c1ccccc1)c1ccc2nc(N)n(C3=NCCS3)c2c1. The number of aliphatic imine (C=N–C) groups is 1. The fraction of sp³-hybridized carbons (Fsp3) is 0.111. The minimum atomic E-state index is 0.482. The number of rotatable bonds is 2. The smallest absolute Gasteiger partial charge is 0.207 e. The molecule has 114 valence electrons. The molecule has 1 aliphatic heterocycles. The molecule has 1 aliphatic rings. The zero-order valence-corrected chi connectivity index (χ0v) is 13.4. The van der Waals surface area contributed by atoms with E-state index in [4.69, 9.17) is 5.73 Å². The zero-order valence-electron chi connectivity index (χ0n) is 12.6. The number of fused-ring (bicyclic) bond motifs is 1. The van der Waals surface area contributed by atoms with Crippen LogP contribution in [0.15, 0.2) is 60.1 Å². The minimum absolute atomic E-state index is 0.482. The molecule has 2 heterocycles.